The Kier molecular flexibility index (Phi) is 11.8. The minimum atomic E-state index is 0.0532. The summed E-state index contributed by atoms with van der Waals surface area (Å²) in [5, 5.41) is 7.66. The van der Waals surface area contributed by atoms with Crippen molar-refractivity contribution in [1.29, 1.82) is 0 Å². The maximum Gasteiger partial charge on any atom is 0.225 e. The van der Waals surface area contributed by atoms with E-state index in [0.29, 0.717) is 24.0 Å². The molecule has 2 aliphatic heterocycles. The Labute approximate surface area is 237 Å². The van der Waals surface area contributed by atoms with Crippen LogP contribution in [0.25, 0.3) is 0 Å². The Balaban J connectivity index is 1.95. The van der Waals surface area contributed by atoms with Gasteiger partial charge in [0.15, 0.2) is 0 Å². The van der Waals surface area contributed by atoms with E-state index in [-0.39, 0.29) is 28.1 Å². The number of nitrogens with zero attached hydrogens (tertiary/aromatic N) is 2. The Morgan fingerprint density at radius 3 is 1.53 bits per heavy atom. The van der Waals surface area contributed by atoms with E-state index in [1.807, 2.05) is 0 Å². The van der Waals surface area contributed by atoms with Crippen LogP contribution in [0.3, 0.4) is 0 Å². The maximum absolute atomic E-state index is 13.5. The van der Waals surface area contributed by atoms with Gasteiger partial charge in [-0.2, -0.15) is 0 Å². The fourth-order valence-electron chi connectivity index (χ4n) is 7.85. The standard InChI is InChI=1S/C33H66N4O/c1-13-25(3)29(38)37(28-23-32(9,10)35-33(11,12)24-28)20-18-16-15-17-19-36(26(4)14-2)27-21-30(5,6)34-31(7,8)22-27/h25-28,34-35H,13-24H2,1-12H3. The van der Waals surface area contributed by atoms with Gasteiger partial charge < -0.3 is 15.5 Å². The molecule has 38 heavy (non-hydrogen) atoms. The van der Waals surface area contributed by atoms with Crippen LogP contribution in [0.1, 0.15) is 147 Å². The van der Waals surface area contributed by atoms with Crippen LogP contribution >= 0.6 is 0 Å². The number of carbonyl (C=O) groups excluding carboxylic acids is 1. The zero-order valence-electron chi connectivity index (χ0n) is 27.6. The summed E-state index contributed by atoms with van der Waals surface area (Å²) >= 11 is 0. The lowest BCUT2D eigenvalue weighted by Gasteiger charge is -2.51. The first-order chi connectivity index (χ1) is 17.4. The minimum Gasteiger partial charge on any atom is -0.339 e. The lowest BCUT2D eigenvalue weighted by Crippen LogP contribution is -2.63. The van der Waals surface area contributed by atoms with Crippen molar-refractivity contribution < 1.29 is 4.79 Å². The van der Waals surface area contributed by atoms with Crippen molar-refractivity contribution in [1.82, 2.24) is 20.4 Å². The van der Waals surface area contributed by atoms with E-state index in [1.165, 1.54) is 45.1 Å². The summed E-state index contributed by atoms with van der Waals surface area (Å²) in [4.78, 5) is 18.6. The van der Waals surface area contributed by atoms with Crippen molar-refractivity contribution >= 4 is 5.91 Å². The zero-order valence-corrected chi connectivity index (χ0v) is 27.6. The summed E-state index contributed by atoms with van der Waals surface area (Å²) in [7, 11) is 0. The molecule has 0 aromatic carbocycles. The van der Waals surface area contributed by atoms with Crippen LogP contribution in [-0.4, -0.2) is 69.1 Å². The second-order valence-electron chi connectivity index (χ2n) is 15.7. The largest absolute Gasteiger partial charge is 0.339 e. The second kappa shape index (κ2) is 13.3. The first-order valence-corrected chi connectivity index (χ1v) is 16.1. The number of hydrogen-bond donors (Lipinski definition) is 2. The highest BCUT2D eigenvalue weighted by Gasteiger charge is 2.42. The third-order valence-corrected chi connectivity index (χ3v) is 9.29. The number of unbranched alkanes of at least 4 members (excludes halogenated alkanes) is 3. The lowest BCUT2D eigenvalue weighted by molar-refractivity contribution is -0.139. The van der Waals surface area contributed by atoms with Gasteiger partial charge in [-0.15, -0.1) is 0 Å². The predicted molar refractivity (Wildman–Crippen MR) is 165 cm³/mol. The van der Waals surface area contributed by atoms with Crippen molar-refractivity contribution in [2.24, 2.45) is 5.92 Å². The molecule has 0 aromatic heterocycles. The molecule has 2 fully saturated rings. The van der Waals surface area contributed by atoms with Crippen LogP contribution in [-0.2, 0) is 4.79 Å². The number of carbonyl (C=O) groups is 1. The van der Waals surface area contributed by atoms with Crippen LogP contribution in [0.2, 0.25) is 0 Å². The highest BCUT2D eigenvalue weighted by atomic mass is 16.2. The molecule has 2 aliphatic rings. The molecule has 5 heteroatoms. The number of nitrogens with one attached hydrogen (secondary N) is 2. The molecule has 0 spiro atoms. The van der Waals surface area contributed by atoms with Crippen LogP contribution < -0.4 is 10.6 Å². The van der Waals surface area contributed by atoms with Gasteiger partial charge in [0.2, 0.25) is 5.91 Å². The van der Waals surface area contributed by atoms with E-state index >= 15 is 0 Å². The molecule has 0 saturated carbocycles. The van der Waals surface area contributed by atoms with Gasteiger partial charge in [0.25, 0.3) is 0 Å². The van der Waals surface area contributed by atoms with Gasteiger partial charge >= 0.3 is 0 Å². The van der Waals surface area contributed by atoms with Crippen LogP contribution in [0.4, 0.5) is 0 Å². The smallest absolute Gasteiger partial charge is 0.225 e. The summed E-state index contributed by atoms with van der Waals surface area (Å²) in [6.07, 6.45) is 11.5. The fourth-order valence-corrected chi connectivity index (χ4v) is 7.85. The summed E-state index contributed by atoms with van der Waals surface area (Å²) < 4.78 is 0. The highest BCUT2D eigenvalue weighted by molar-refractivity contribution is 5.78. The van der Waals surface area contributed by atoms with Gasteiger partial charge in [-0.1, -0.05) is 33.6 Å². The van der Waals surface area contributed by atoms with E-state index in [4.69, 9.17) is 0 Å². The lowest BCUT2D eigenvalue weighted by atomic mass is 9.78. The normalized spacial score (nSPS) is 24.8. The Hall–Kier alpha value is -0.650. The van der Waals surface area contributed by atoms with Crippen molar-refractivity contribution in [2.75, 3.05) is 13.1 Å². The number of hydrogen-bond acceptors (Lipinski definition) is 4. The van der Waals surface area contributed by atoms with Gasteiger partial charge in [0.1, 0.15) is 0 Å². The van der Waals surface area contributed by atoms with Gasteiger partial charge in [0.05, 0.1) is 0 Å². The van der Waals surface area contributed by atoms with Crippen LogP contribution in [0.15, 0.2) is 0 Å². The number of rotatable bonds is 13. The third kappa shape index (κ3) is 10.1. The van der Waals surface area contributed by atoms with Gasteiger partial charge in [-0.25, -0.2) is 0 Å². The molecule has 0 bridgehead atoms. The van der Waals surface area contributed by atoms with E-state index < -0.39 is 0 Å². The SMILES string of the molecule is CCC(C)C(=O)N(CCCCCCN(C(C)CC)C1CC(C)(C)NC(C)(C)C1)C1CC(C)(C)NC(C)(C)C1. The first kappa shape index (κ1) is 33.6. The van der Waals surface area contributed by atoms with E-state index in [0.717, 1.165) is 32.2 Å². The molecule has 2 heterocycles. The highest BCUT2D eigenvalue weighted by Crippen LogP contribution is 2.34. The Bertz CT molecular complexity index is 711. The fraction of sp³-hybridized carbons (Fsp3) is 0.970. The Morgan fingerprint density at radius 1 is 0.684 bits per heavy atom. The summed E-state index contributed by atoms with van der Waals surface area (Å²) in [5.74, 6) is 0.476. The monoisotopic (exact) mass is 535 g/mol. The molecule has 1 amide bonds. The quantitative estimate of drug-likeness (QED) is 0.247. The van der Waals surface area contributed by atoms with E-state index in [2.05, 4.69) is 104 Å². The summed E-state index contributed by atoms with van der Waals surface area (Å²) in [6.45, 7) is 29.7. The molecule has 2 N–H and O–H groups in total. The van der Waals surface area contributed by atoms with E-state index in [1.54, 1.807) is 0 Å². The molecule has 2 saturated heterocycles. The van der Waals surface area contributed by atoms with Crippen molar-refractivity contribution in [3.63, 3.8) is 0 Å². The zero-order chi connectivity index (χ0) is 28.9. The Morgan fingerprint density at radius 2 is 1.11 bits per heavy atom. The molecule has 0 aromatic rings. The molecule has 5 nitrogen and oxygen atoms in total. The maximum atomic E-state index is 13.5. The van der Waals surface area contributed by atoms with Gasteiger partial charge in [0, 0.05) is 52.7 Å². The van der Waals surface area contributed by atoms with Crippen LogP contribution in [0.5, 0.6) is 0 Å². The summed E-state index contributed by atoms with van der Waals surface area (Å²) in [6, 6.07) is 1.60. The average Bonchev–Trinajstić information content (AvgIpc) is 2.75. The topological polar surface area (TPSA) is 47.6 Å². The van der Waals surface area contributed by atoms with Crippen molar-refractivity contribution in [2.45, 2.75) is 188 Å². The average molecular weight is 535 g/mol. The number of amides is 1. The molecule has 0 aliphatic carbocycles. The van der Waals surface area contributed by atoms with Crippen molar-refractivity contribution in [3.05, 3.63) is 0 Å². The molecule has 0 radical (unpaired) electrons. The molecular formula is C33H66N4O. The molecule has 224 valence electrons. The minimum absolute atomic E-state index is 0.0532. The van der Waals surface area contributed by atoms with Gasteiger partial charge in [-0.05, 0) is 120 Å². The van der Waals surface area contributed by atoms with Crippen LogP contribution in [0, 0.1) is 5.92 Å². The third-order valence-electron chi connectivity index (χ3n) is 9.29. The molecular weight excluding hydrogens is 468 g/mol. The predicted octanol–water partition coefficient (Wildman–Crippen LogP) is 7.14. The second-order valence-corrected chi connectivity index (χ2v) is 15.7. The van der Waals surface area contributed by atoms with Crippen molar-refractivity contribution in [3.8, 4) is 0 Å². The number of piperidine rings is 2. The molecule has 2 rings (SSSR count). The van der Waals surface area contributed by atoms with Gasteiger partial charge in [-0.3, -0.25) is 9.69 Å². The van der Waals surface area contributed by atoms with E-state index in [9.17, 15) is 4.79 Å². The molecule has 2 unspecified atom stereocenters. The summed E-state index contributed by atoms with van der Waals surface area (Å²) in [5.41, 5.74) is 0.470. The first-order valence-electron chi connectivity index (χ1n) is 16.1. The molecule has 2 atom stereocenters.